The van der Waals surface area contributed by atoms with Gasteiger partial charge in [0.1, 0.15) is 0 Å². The second kappa shape index (κ2) is 2.76. The fourth-order valence-corrected chi connectivity index (χ4v) is 3.67. The Balaban J connectivity index is 1.92. The number of hydrogen-bond donors (Lipinski definition) is 1. The van der Waals surface area contributed by atoms with E-state index in [4.69, 9.17) is 0 Å². The van der Waals surface area contributed by atoms with E-state index in [9.17, 15) is 4.79 Å². The molecule has 2 nitrogen and oxygen atoms in total. The minimum absolute atomic E-state index is 0.109. The lowest BCUT2D eigenvalue weighted by Gasteiger charge is -2.34. The molecule has 2 bridgehead atoms. The van der Waals surface area contributed by atoms with E-state index in [1.807, 2.05) is 18.2 Å². The molecular weight excluding hydrogens is 198 g/mol. The third-order valence-corrected chi connectivity index (χ3v) is 4.32. The SMILES string of the molecule is O=C1NC2C3C=CC(C3)C2c2ccccc21. The summed E-state index contributed by atoms with van der Waals surface area (Å²) in [7, 11) is 0. The topological polar surface area (TPSA) is 29.1 Å². The summed E-state index contributed by atoms with van der Waals surface area (Å²) < 4.78 is 0. The van der Waals surface area contributed by atoms with Crippen molar-refractivity contribution in [1.29, 1.82) is 0 Å². The van der Waals surface area contributed by atoms with Crippen LogP contribution in [0.2, 0.25) is 0 Å². The van der Waals surface area contributed by atoms with Gasteiger partial charge in [0.2, 0.25) is 0 Å². The van der Waals surface area contributed by atoms with Gasteiger partial charge in [0.15, 0.2) is 0 Å². The van der Waals surface area contributed by atoms with Crippen LogP contribution in [-0.4, -0.2) is 11.9 Å². The summed E-state index contributed by atoms with van der Waals surface area (Å²) in [5, 5.41) is 3.18. The summed E-state index contributed by atoms with van der Waals surface area (Å²) in [4.78, 5) is 12.0. The van der Waals surface area contributed by atoms with Crippen LogP contribution in [0.5, 0.6) is 0 Å². The molecule has 1 heterocycles. The number of allylic oxidation sites excluding steroid dienone is 1. The van der Waals surface area contributed by atoms with Crippen LogP contribution in [0.3, 0.4) is 0 Å². The van der Waals surface area contributed by atoms with E-state index in [-0.39, 0.29) is 5.91 Å². The first-order valence-corrected chi connectivity index (χ1v) is 5.93. The zero-order chi connectivity index (χ0) is 10.7. The molecule has 1 fully saturated rings. The molecule has 80 valence electrons. The van der Waals surface area contributed by atoms with Crippen LogP contribution in [-0.2, 0) is 0 Å². The van der Waals surface area contributed by atoms with Gasteiger partial charge in [-0.2, -0.15) is 0 Å². The molecule has 2 heteroatoms. The highest BCUT2D eigenvalue weighted by Crippen LogP contribution is 2.51. The fourth-order valence-electron chi connectivity index (χ4n) is 3.67. The van der Waals surface area contributed by atoms with Gasteiger partial charge < -0.3 is 5.32 Å². The average molecular weight is 211 g/mol. The number of nitrogens with one attached hydrogen (secondary N) is 1. The van der Waals surface area contributed by atoms with Crippen molar-refractivity contribution in [3.05, 3.63) is 47.5 Å². The Labute approximate surface area is 94.4 Å². The lowest BCUT2D eigenvalue weighted by atomic mass is 9.78. The highest BCUT2D eigenvalue weighted by molar-refractivity contribution is 5.97. The van der Waals surface area contributed by atoms with Crippen molar-refractivity contribution >= 4 is 5.91 Å². The van der Waals surface area contributed by atoms with Gasteiger partial charge in [-0.3, -0.25) is 4.79 Å². The van der Waals surface area contributed by atoms with Crippen LogP contribution >= 0.6 is 0 Å². The minimum atomic E-state index is 0.109. The first-order chi connectivity index (χ1) is 7.84. The number of amides is 1. The molecule has 1 aromatic carbocycles. The van der Waals surface area contributed by atoms with E-state index >= 15 is 0 Å². The van der Waals surface area contributed by atoms with E-state index < -0.39 is 0 Å². The lowest BCUT2D eigenvalue weighted by molar-refractivity contribution is 0.0910. The molecule has 0 spiro atoms. The number of carbonyl (C=O) groups is 1. The van der Waals surface area contributed by atoms with Gasteiger partial charge in [-0.1, -0.05) is 30.4 Å². The first kappa shape index (κ1) is 8.57. The third kappa shape index (κ3) is 0.902. The summed E-state index contributed by atoms with van der Waals surface area (Å²) >= 11 is 0. The molecule has 1 aliphatic heterocycles. The summed E-state index contributed by atoms with van der Waals surface area (Å²) in [5.74, 6) is 1.82. The number of fused-ring (bicyclic) bond motifs is 7. The van der Waals surface area contributed by atoms with Gasteiger partial charge in [-0.05, 0) is 29.9 Å². The van der Waals surface area contributed by atoms with E-state index in [2.05, 4.69) is 23.5 Å². The minimum Gasteiger partial charge on any atom is -0.348 e. The molecule has 4 rings (SSSR count). The van der Waals surface area contributed by atoms with E-state index in [0.717, 1.165) is 5.56 Å². The van der Waals surface area contributed by atoms with Crippen molar-refractivity contribution in [3.8, 4) is 0 Å². The highest BCUT2D eigenvalue weighted by atomic mass is 16.1. The molecule has 16 heavy (non-hydrogen) atoms. The highest BCUT2D eigenvalue weighted by Gasteiger charge is 2.49. The van der Waals surface area contributed by atoms with Gasteiger partial charge in [-0.15, -0.1) is 0 Å². The standard InChI is InChI=1S/C14H13NO/c16-14-11-4-2-1-3-10(11)12-8-5-6-9(7-8)13(12)15-14/h1-6,8-9,12-13H,7H2,(H,15,16). The van der Waals surface area contributed by atoms with E-state index in [0.29, 0.717) is 23.8 Å². The molecular formula is C14H13NO. The predicted molar refractivity (Wildman–Crippen MR) is 61.2 cm³/mol. The zero-order valence-electron chi connectivity index (χ0n) is 8.89. The van der Waals surface area contributed by atoms with Crippen LogP contribution in [0.15, 0.2) is 36.4 Å². The molecule has 3 aliphatic rings. The van der Waals surface area contributed by atoms with Crippen molar-refractivity contribution in [2.75, 3.05) is 0 Å². The van der Waals surface area contributed by atoms with E-state index in [1.165, 1.54) is 12.0 Å². The van der Waals surface area contributed by atoms with Crippen LogP contribution in [0.1, 0.15) is 28.3 Å². The molecule has 0 saturated heterocycles. The average Bonchev–Trinajstić information content (AvgIpc) is 2.90. The predicted octanol–water partition coefficient (Wildman–Crippen LogP) is 2.09. The van der Waals surface area contributed by atoms with Crippen LogP contribution in [0.4, 0.5) is 0 Å². The molecule has 1 aromatic rings. The maximum absolute atomic E-state index is 12.0. The molecule has 2 aliphatic carbocycles. The van der Waals surface area contributed by atoms with Crippen LogP contribution in [0.25, 0.3) is 0 Å². The second-order valence-electron chi connectivity index (χ2n) is 5.06. The molecule has 1 amide bonds. The van der Waals surface area contributed by atoms with Gasteiger partial charge in [0, 0.05) is 17.5 Å². The smallest absolute Gasteiger partial charge is 0.251 e. The van der Waals surface area contributed by atoms with Crippen molar-refractivity contribution < 1.29 is 4.79 Å². The van der Waals surface area contributed by atoms with E-state index in [1.54, 1.807) is 0 Å². The van der Waals surface area contributed by atoms with Gasteiger partial charge in [0.25, 0.3) is 5.91 Å². The Hall–Kier alpha value is -1.57. The number of benzene rings is 1. The summed E-state index contributed by atoms with van der Waals surface area (Å²) in [6.45, 7) is 0. The van der Waals surface area contributed by atoms with Gasteiger partial charge >= 0.3 is 0 Å². The number of carbonyl (C=O) groups excluding carboxylic acids is 1. The van der Waals surface area contributed by atoms with Gasteiger partial charge in [0.05, 0.1) is 0 Å². The number of rotatable bonds is 0. The molecule has 4 atom stereocenters. The molecule has 1 saturated carbocycles. The first-order valence-electron chi connectivity index (χ1n) is 5.93. The molecule has 4 unspecified atom stereocenters. The number of hydrogen-bond acceptors (Lipinski definition) is 1. The lowest BCUT2D eigenvalue weighted by Crippen LogP contribution is -2.46. The third-order valence-electron chi connectivity index (χ3n) is 4.32. The van der Waals surface area contributed by atoms with Crippen LogP contribution in [0, 0.1) is 11.8 Å². The summed E-state index contributed by atoms with van der Waals surface area (Å²) in [6, 6.07) is 8.40. The fraction of sp³-hybridized carbons (Fsp3) is 0.357. The Morgan fingerprint density at radius 3 is 2.88 bits per heavy atom. The summed E-state index contributed by atoms with van der Waals surface area (Å²) in [5.41, 5.74) is 2.14. The normalized spacial score (nSPS) is 38.1. The maximum Gasteiger partial charge on any atom is 0.251 e. The Bertz CT molecular complexity index is 505. The molecule has 0 aromatic heterocycles. The van der Waals surface area contributed by atoms with Crippen molar-refractivity contribution in [3.63, 3.8) is 0 Å². The monoisotopic (exact) mass is 211 g/mol. The summed E-state index contributed by atoms with van der Waals surface area (Å²) in [6.07, 6.45) is 5.82. The maximum atomic E-state index is 12.0. The Morgan fingerprint density at radius 1 is 1.12 bits per heavy atom. The Kier molecular flexibility index (Phi) is 1.48. The molecule has 0 radical (unpaired) electrons. The molecule has 1 N–H and O–H groups in total. The van der Waals surface area contributed by atoms with Crippen molar-refractivity contribution in [1.82, 2.24) is 5.32 Å². The van der Waals surface area contributed by atoms with Crippen molar-refractivity contribution in [2.45, 2.75) is 18.4 Å². The second-order valence-corrected chi connectivity index (χ2v) is 5.06. The Morgan fingerprint density at radius 2 is 1.94 bits per heavy atom. The van der Waals surface area contributed by atoms with Crippen molar-refractivity contribution in [2.24, 2.45) is 11.8 Å². The zero-order valence-corrected chi connectivity index (χ0v) is 8.89. The quantitative estimate of drug-likeness (QED) is 0.654. The van der Waals surface area contributed by atoms with Gasteiger partial charge in [-0.25, -0.2) is 0 Å². The van der Waals surface area contributed by atoms with Crippen LogP contribution < -0.4 is 5.32 Å². The largest absolute Gasteiger partial charge is 0.348 e.